The fourth-order valence-electron chi connectivity index (χ4n) is 3.75. The van der Waals surface area contributed by atoms with Crippen LogP contribution in [0.3, 0.4) is 0 Å². The van der Waals surface area contributed by atoms with E-state index in [4.69, 9.17) is 5.73 Å². The van der Waals surface area contributed by atoms with Crippen molar-refractivity contribution >= 4 is 27.7 Å². The Hall–Kier alpha value is -4.26. The highest BCUT2D eigenvalue weighted by Gasteiger charge is 2.16. The largest absolute Gasteiger partial charge is 0.369 e. The van der Waals surface area contributed by atoms with Gasteiger partial charge in [0.1, 0.15) is 5.82 Å². The third-order valence-electron chi connectivity index (χ3n) is 5.14. The predicted octanol–water partition coefficient (Wildman–Crippen LogP) is 4.07. The first-order chi connectivity index (χ1) is 15.1. The average molecular weight is 409 g/mol. The SMILES string of the molecule is NC(=O)Cc1ncc(-c2cc(-c3ccccc3F)nc3ncccc23)c2ccncc12. The van der Waals surface area contributed by atoms with E-state index in [-0.39, 0.29) is 12.2 Å². The number of pyridine rings is 4. The number of halogens is 1. The molecule has 6 nitrogen and oxygen atoms in total. The van der Waals surface area contributed by atoms with E-state index in [1.807, 2.05) is 24.3 Å². The number of carbonyl (C=O) groups is 1. The summed E-state index contributed by atoms with van der Waals surface area (Å²) in [5.41, 5.74) is 8.93. The Kier molecular flexibility index (Phi) is 4.55. The number of rotatable bonds is 4. The number of primary amides is 1. The summed E-state index contributed by atoms with van der Waals surface area (Å²) in [7, 11) is 0. The number of nitrogens with zero attached hydrogens (tertiary/aromatic N) is 4. The lowest BCUT2D eigenvalue weighted by molar-refractivity contribution is -0.117. The minimum atomic E-state index is -0.467. The summed E-state index contributed by atoms with van der Waals surface area (Å²) < 4.78 is 14.5. The van der Waals surface area contributed by atoms with Gasteiger partial charge in [0.15, 0.2) is 5.65 Å². The number of aromatic nitrogens is 4. The molecule has 150 valence electrons. The first-order valence-corrected chi connectivity index (χ1v) is 9.63. The highest BCUT2D eigenvalue weighted by molar-refractivity contribution is 6.05. The van der Waals surface area contributed by atoms with Crippen molar-refractivity contribution in [1.29, 1.82) is 0 Å². The Morgan fingerprint density at radius 3 is 2.58 bits per heavy atom. The van der Waals surface area contributed by atoms with E-state index in [9.17, 15) is 9.18 Å². The Labute approximate surface area is 176 Å². The molecule has 5 aromatic rings. The van der Waals surface area contributed by atoms with Crippen molar-refractivity contribution < 1.29 is 9.18 Å². The number of hydrogen-bond donors (Lipinski definition) is 1. The lowest BCUT2D eigenvalue weighted by Crippen LogP contribution is -2.15. The molecule has 31 heavy (non-hydrogen) atoms. The molecule has 4 heterocycles. The molecule has 0 saturated heterocycles. The fraction of sp³-hybridized carbons (Fsp3) is 0.0417. The van der Waals surface area contributed by atoms with Gasteiger partial charge in [0, 0.05) is 46.7 Å². The van der Waals surface area contributed by atoms with E-state index in [0.29, 0.717) is 22.6 Å². The number of hydrogen-bond acceptors (Lipinski definition) is 5. The van der Waals surface area contributed by atoms with Gasteiger partial charge in [0.05, 0.1) is 17.8 Å². The Morgan fingerprint density at radius 2 is 1.74 bits per heavy atom. The number of nitrogens with two attached hydrogens (primary N) is 1. The number of amides is 1. The first kappa shape index (κ1) is 18.7. The quantitative estimate of drug-likeness (QED) is 0.483. The van der Waals surface area contributed by atoms with E-state index >= 15 is 0 Å². The molecule has 2 N–H and O–H groups in total. The molecule has 1 aromatic carbocycles. The van der Waals surface area contributed by atoms with Gasteiger partial charge in [0.2, 0.25) is 5.91 Å². The molecule has 0 unspecified atom stereocenters. The van der Waals surface area contributed by atoms with E-state index in [1.54, 1.807) is 43.0 Å². The van der Waals surface area contributed by atoms with Gasteiger partial charge in [-0.15, -0.1) is 0 Å². The van der Waals surface area contributed by atoms with Gasteiger partial charge >= 0.3 is 0 Å². The van der Waals surface area contributed by atoms with Crippen LogP contribution >= 0.6 is 0 Å². The highest BCUT2D eigenvalue weighted by Crippen LogP contribution is 2.36. The van der Waals surface area contributed by atoms with Crippen LogP contribution in [-0.4, -0.2) is 25.8 Å². The molecular formula is C24H16FN5O. The molecule has 0 aliphatic rings. The van der Waals surface area contributed by atoms with Crippen molar-refractivity contribution in [2.45, 2.75) is 6.42 Å². The monoisotopic (exact) mass is 409 g/mol. The molecule has 4 aromatic heterocycles. The minimum absolute atomic E-state index is 0.0155. The number of fused-ring (bicyclic) bond motifs is 2. The summed E-state index contributed by atoms with van der Waals surface area (Å²) in [5, 5.41) is 2.40. The normalized spacial score (nSPS) is 11.1. The number of benzene rings is 1. The summed E-state index contributed by atoms with van der Waals surface area (Å²) in [6.07, 6.45) is 6.72. The van der Waals surface area contributed by atoms with Gasteiger partial charge in [-0.3, -0.25) is 14.8 Å². The van der Waals surface area contributed by atoms with E-state index in [0.717, 1.165) is 27.3 Å². The highest BCUT2D eigenvalue weighted by atomic mass is 19.1. The molecule has 0 aliphatic carbocycles. The van der Waals surface area contributed by atoms with Crippen molar-refractivity contribution in [2.75, 3.05) is 0 Å². The van der Waals surface area contributed by atoms with Crippen LogP contribution in [0.2, 0.25) is 0 Å². The molecule has 0 radical (unpaired) electrons. The zero-order valence-corrected chi connectivity index (χ0v) is 16.3. The van der Waals surface area contributed by atoms with E-state index in [1.165, 1.54) is 6.07 Å². The molecule has 0 aliphatic heterocycles. The molecular weight excluding hydrogens is 393 g/mol. The lowest BCUT2D eigenvalue weighted by atomic mass is 9.96. The minimum Gasteiger partial charge on any atom is -0.369 e. The van der Waals surface area contributed by atoms with Crippen molar-refractivity contribution in [3.63, 3.8) is 0 Å². The van der Waals surface area contributed by atoms with Crippen molar-refractivity contribution in [3.05, 3.63) is 84.8 Å². The van der Waals surface area contributed by atoms with Crippen molar-refractivity contribution in [2.24, 2.45) is 5.73 Å². The molecule has 0 bridgehead atoms. The Balaban J connectivity index is 1.82. The molecule has 5 rings (SSSR count). The first-order valence-electron chi connectivity index (χ1n) is 9.63. The fourth-order valence-corrected chi connectivity index (χ4v) is 3.75. The van der Waals surface area contributed by atoms with Crippen LogP contribution in [0.25, 0.3) is 44.2 Å². The summed E-state index contributed by atoms with van der Waals surface area (Å²) >= 11 is 0. The summed E-state index contributed by atoms with van der Waals surface area (Å²) in [6.45, 7) is 0. The third kappa shape index (κ3) is 3.36. The van der Waals surface area contributed by atoms with Gasteiger partial charge in [-0.25, -0.2) is 14.4 Å². The maximum atomic E-state index is 14.5. The summed E-state index contributed by atoms with van der Waals surface area (Å²) in [6, 6.07) is 13.9. The van der Waals surface area contributed by atoms with Gasteiger partial charge in [-0.2, -0.15) is 0 Å². The molecule has 0 atom stereocenters. The maximum Gasteiger partial charge on any atom is 0.223 e. The van der Waals surface area contributed by atoms with E-state index in [2.05, 4.69) is 19.9 Å². The number of carbonyl (C=O) groups excluding carboxylic acids is 1. The zero-order chi connectivity index (χ0) is 21.4. The van der Waals surface area contributed by atoms with Crippen molar-refractivity contribution in [1.82, 2.24) is 19.9 Å². The van der Waals surface area contributed by atoms with Crippen LogP contribution in [0.15, 0.2) is 73.3 Å². The molecule has 0 saturated carbocycles. The topological polar surface area (TPSA) is 94.7 Å². The van der Waals surface area contributed by atoms with Gasteiger partial charge < -0.3 is 5.73 Å². The van der Waals surface area contributed by atoms with Crippen molar-refractivity contribution in [3.8, 4) is 22.4 Å². The van der Waals surface area contributed by atoms with Crippen LogP contribution in [0.4, 0.5) is 4.39 Å². The van der Waals surface area contributed by atoms with Gasteiger partial charge in [-0.1, -0.05) is 12.1 Å². The average Bonchev–Trinajstić information content (AvgIpc) is 2.79. The molecule has 1 amide bonds. The second kappa shape index (κ2) is 7.53. The van der Waals surface area contributed by atoms with Crippen LogP contribution in [0.1, 0.15) is 5.69 Å². The predicted molar refractivity (Wildman–Crippen MR) is 116 cm³/mol. The van der Waals surface area contributed by atoms with Crippen LogP contribution in [0, 0.1) is 5.82 Å². The second-order valence-corrected chi connectivity index (χ2v) is 7.09. The third-order valence-corrected chi connectivity index (χ3v) is 5.14. The Morgan fingerprint density at radius 1 is 0.871 bits per heavy atom. The summed E-state index contributed by atoms with van der Waals surface area (Å²) in [5.74, 6) is -0.828. The molecule has 7 heteroatoms. The Bertz CT molecular complexity index is 1470. The zero-order valence-electron chi connectivity index (χ0n) is 16.3. The van der Waals surface area contributed by atoms with Gasteiger partial charge in [-0.05, 0) is 47.3 Å². The van der Waals surface area contributed by atoms with Gasteiger partial charge in [0.25, 0.3) is 0 Å². The lowest BCUT2D eigenvalue weighted by Gasteiger charge is -2.13. The summed E-state index contributed by atoms with van der Waals surface area (Å²) in [4.78, 5) is 29.1. The van der Waals surface area contributed by atoms with Crippen LogP contribution in [-0.2, 0) is 11.2 Å². The second-order valence-electron chi connectivity index (χ2n) is 7.09. The maximum absolute atomic E-state index is 14.5. The van der Waals surface area contributed by atoms with Crippen LogP contribution in [0.5, 0.6) is 0 Å². The van der Waals surface area contributed by atoms with E-state index < -0.39 is 5.91 Å². The smallest absolute Gasteiger partial charge is 0.223 e. The van der Waals surface area contributed by atoms with Crippen LogP contribution < -0.4 is 5.73 Å². The molecule has 0 spiro atoms. The standard InChI is InChI=1S/C24H16FN5O/c25-20-6-2-1-4-16(20)22-10-17(15-5-3-8-28-24(15)30-22)18-13-29-21(11-23(26)31)19-12-27-9-7-14(18)19/h1-10,12-13H,11H2,(H2,26,31). The molecule has 0 fully saturated rings.